The molecule has 0 aliphatic carbocycles. The molecule has 1 saturated heterocycles. The molecule has 0 spiro atoms. The second-order valence-electron chi connectivity index (χ2n) is 4.92. The Hall–Kier alpha value is -1.88. The highest BCUT2D eigenvalue weighted by Gasteiger charge is 2.40. The van der Waals surface area contributed by atoms with Crippen molar-refractivity contribution in [2.45, 2.75) is 25.8 Å². The fraction of sp³-hybridized carbons (Fsp3) is 0.467. The summed E-state index contributed by atoms with van der Waals surface area (Å²) in [6, 6.07) is 9.37. The first kappa shape index (κ1) is 14.5. The minimum atomic E-state index is -0.608. The highest BCUT2D eigenvalue weighted by atomic mass is 16.6. The molecule has 1 N–H and O–H groups in total. The minimum absolute atomic E-state index is 0.210. The summed E-state index contributed by atoms with van der Waals surface area (Å²) in [5.74, 6) is -0.891. The van der Waals surface area contributed by atoms with Crippen molar-refractivity contribution in [1.29, 1.82) is 0 Å². The SMILES string of the molecule is CC[C@@H](CO)C(=O)N1C(=O)OC[C@H]1Cc1ccccc1. The van der Waals surface area contributed by atoms with Crippen LogP contribution in [-0.4, -0.2) is 41.3 Å². The van der Waals surface area contributed by atoms with Gasteiger partial charge in [-0.1, -0.05) is 37.3 Å². The molecule has 20 heavy (non-hydrogen) atoms. The van der Waals surface area contributed by atoms with E-state index in [1.807, 2.05) is 37.3 Å². The lowest BCUT2D eigenvalue weighted by Gasteiger charge is -2.23. The number of aliphatic hydroxyl groups is 1. The van der Waals surface area contributed by atoms with Crippen LogP contribution in [0.25, 0.3) is 0 Å². The highest BCUT2D eigenvalue weighted by molar-refractivity contribution is 5.94. The van der Waals surface area contributed by atoms with E-state index in [-0.39, 0.29) is 25.2 Å². The van der Waals surface area contributed by atoms with Crippen molar-refractivity contribution in [2.24, 2.45) is 5.92 Å². The molecule has 1 fully saturated rings. The van der Waals surface area contributed by atoms with Crippen LogP contribution < -0.4 is 0 Å². The normalized spacial score (nSPS) is 19.8. The molecule has 108 valence electrons. The average Bonchev–Trinajstić information content (AvgIpc) is 2.82. The highest BCUT2D eigenvalue weighted by Crippen LogP contribution is 2.20. The summed E-state index contributed by atoms with van der Waals surface area (Å²) in [5, 5.41) is 9.22. The molecule has 1 aromatic rings. The van der Waals surface area contributed by atoms with Gasteiger partial charge < -0.3 is 9.84 Å². The van der Waals surface area contributed by atoms with Crippen LogP contribution in [0.2, 0.25) is 0 Å². The number of imide groups is 1. The maximum atomic E-state index is 12.3. The Labute approximate surface area is 118 Å². The van der Waals surface area contributed by atoms with Crippen LogP contribution in [0, 0.1) is 5.92 Å². The Morgan fingerprint density at radius 3 is 2.75 bits per heavy atom. The maximum absolute atomic E-state index is 12.3. The van der Waals surface area contributed by atoms with E-state index in [9.17, 15) is 14.7 Å². The smallest absolute Gasteiger partial charge is 0.416 e. The standard InChI is InChI=1S/C15H19NO4/c1-2-12(9-17)14(18)16-13(10-20-15(16)19)8-11-6-4-3-5-7-11/h3-7,12-13,17H,2,8-10H2,1H3/t12-,13+/m0/s1. The Bertz CT molecular complexity index is 470. The van der Waals surface area contributed by atoms with E-state index in [0.717, 1.165) is 10.5 Å². The number of hydrogen-bond acceptors (Lipinski definition) is 4. The summed E-state index contributed by atoms with van der Waals surface area (Å²) in [7, 11) is 0. The summed E-state index contributed by atoms with van der Waals surface area (Å²) < 4.78 is 5.00. The zero-order valence-corrected chi connectivity index (χ0v) is 11.5. The van der Waals surface area contributed by atoms with Gasteiger partial charge in [0.1, 0.15) is 6.61 Å². The second kappa shape index (κ2) is 6.52. The first-order valence-corrected chi connectivity index (χ1v) is 6.82. The Kier molecular flexibility index (Phi) is 4.74. The zero-order chi connectivity index (χ0) is 14.5. The monoisotopic (exact) mass is 277 g/mol. The summed E-state index contributed by atoms with van der Waals surface area (Å²) in [5.41, 5.74) is 1.05. The summed E-state index contributed by atoms with van der Waals surface area (Å²) in [6.07, 6.45) is 0.458. The van der Waals surface area contributed by atoms with E-state index in [2.05, 4.69) is 0 Å². The average molecular weight is 277 g/mol. The van der Waals surface area contributed by atoms with Gasteiger partial charge in [0.25, 0.3) is 0 Å². The largest absolute Gasteiger partial charge is 0.447 e. The van der Waals surface area contributed by atoms with Crippen LogP contribution in [0.3, 0.4) is 0 Å². The van der Waals surface area contributed by atoms with Crippen molar-refractivity contribution in [2.75, 3.05) is 13.2 Å². The van der Waals surface area contributed by atoms with Gasteiger partial charge >= 0.3 is 6.09 Å². The van der Waals surface area contributed by atoms with Crippen LogP contribution in [0.4, 0.5) is 4.79 Å². The van der Waals surface area contributed by atoms with Gasteiger partial charge in [-0.25, -0.2) is 9.69 Å². The number of carbonyl (C=O) groups excluding carboxylic acids is 2. The first-order valence-electron chi connectivity index (χ1n) is 6.82. The molecule has 2 atom stereocenters. The molecule has 1 aromatic carbocycles. The molecule has 0 saturated carbocycles. The number of aliphatic hydroxyl groups excluding tert-OH is 1. The zero-order valence-electron chi connectivity index (χ0n) is 11.5. The molecule has 1 aliphatic heterocycles. The number of benzene rings is 1. The van der Waals surface area contributed by atoms with Gasteiger partial charge in [0.15, 0.2) is 0 Å². The fourth-order valence-electron chi connectivity index (χ4n) is 2.35. The number of hydrogen-bond donors (Lipinski definition) is 1. The summed E-state index contributed by atoms with van der Waals surface area (Å²) in [6.45, 7) is 1.77. The third-order valence-corrected chi connectivity index (χ3v) is 3.58. The number of rotatable bonds is 5. The Morgan fingerprint density at radius 2 is 2.15 bits per heavy atom. The molecule has 0 bridgehead atoms. The summed E-state index contributed by atoms with van der Waals surface area (Å²) in [4.78, 5) is 25.2. The van der Waals surface area contributed by atoms with Gasteiger partial charge in [-0.3, -0.25) is 4.79 Å². The van der Waals surface area contributed by atoms with E-state index in [0.29, 0.717) is 12.8 Å². The Morgan fingerprint density at radius 1 is 1.45 bits per heavy atom. The van der Waals surface area contributed by atoms with Crippen molar-refractivity contribution >= 4 is 12.0 Å². The van der Waals surface area contributed by atoms with Crippen molar-refractivity contribution in [3.05, 3.63) is 35.9 Å². The van der Waals surface area contributed by atoms with Crippen LogP contribution in [0.5, 0.6) is 0 Å². The number of cyclic esters (lactones) is 1. The summed E-state index contributed by atoms with van der Waals surface area (Å²) >= 11 is 0. The number of amides is 2. The fourth-order valence-corrected chi connectivity index (χ4v) is 2.35. The van der Waals surface area contributed by atoms with Gasteiger partial charge in [0, 0.05) is 0 Å². The first-order chi connectivity index (χ1) is 9.67. The lowest BCUT2D eigenvalue weighted by atomic mass is 10.0. The molecule has 1 aliphatic rings. The third-order valence-electron chi connectivity index (χ3n) is 3.58. The van der Waals surface area contributed by atoms with E-state index in [1.165, 1.54) is 0 Å². The third kappa shape index (κ3) is 2.99. The molecule has 0 aromatic heterocycles. The van der Waals surface area contributed by atoms with Crippen molar-refractivity contribution < 1.29 is 19.4 Å². The van der Waals surface area contributed by atoms with Crippen LogP contribution in [0.1, 0.15) is 18.9 Å². The minimum Gasteiger partial charge on any atom is -0.447 e. The van der Waals surface area contributed by atoms with Crippen molar-refractivity contribution in [3.63, 3.8) is 0 Å². The quantitative estimate of drug-likeness (QED) is 0.887. The topological polar surface area (TPSA) is 66.8 Å². The predicted molar refractivity (Wildman–Crippen MR) is 73.0 cm³/mol. The molecule has 0 unspecified atom stereocenters. The molecule has 1 heterocycles. The van der Waals surface area contributed by atoms with Crippen LogP contribution in [-0.2, 0) is 16.0 Å². The van der Waals surface area contributed by atoms with Gasteiger partial charge in [-0.15, -0.1) is 0 Å². The molecule has 0 radical (unpaired) electrons. The maximum Gasteiger partial charge on any atom is 0.416 e. The van der Waals surface area contributed by atoms with E-state index < -0.39 is 12.0 Å². The lowest BCUT2D eigenvalue weighted by Crippen LogP contribution is -2.44. The predicted octanol–water partition coefficient (Wildman–Crippen LogP) is 1.60. The molecule has 2 rings (SSSR count). The van der Waals surface area contributed by atoms with Gasteiger partial charge in [0.2, 0.25) is 5.91 Å². The number of carbonyl (C=O) groups is 2. The molecular formula is C15H19NO4. The van der Waals surface area contributed by atoms with Crippen molar-refractivity contribution in [3.8, 4) is 0 Å². The molecule has 2 amide bonds. The lowest BCUT2D eigenvalue weighted by molar-refractivity contribution is -0.134. The van der Waals surface area contributed by atoms with Gasteiger partial charge in [-0.2, -0.15) is 0 Å². The molecule has 5 nitrogen and oxygen atoms in total. The Balaban J connectivity index is 2.12. The molecule has 5 heteroatoms. The van der Waals surface area contributed by atoms with E-state index in [1.54, 1.807) is 0 Å². The number of ether oxygens (including phenoxy) is 1. The van der Waals surface area contributed by atoms with Crippen LogP contribution in [0.15, 0.2) is 30.3 Å². The van der Waals surface area contributed by atoms with Gasteiger partial charge in [-0.05, 0) is 18.4 Å². The second-order valence-corrected chi connectivity index (χ2v) is 4.92. The van der Waals surface area contributed by atoms with Gasteiger partial charge in [0.05, 0.1) is 18.6 Å². The van der Waals surface area contributed by atoms with E-state index in [4.69, 9.17) is 4.74 Å². The van der Waals surface area contributed by atoms with Crippen LogP contribution >= 0.6 is 0 Å². The van der Waals surface area contributed by atoms with E-state index >= 15 is 0 Å². The molecular weight excluding hydrogens is 258 g/mol. The van der Waals surface area contributed by atoms with Crippen molar-refractivity contribution in [1.82, 2.24) is 4.90 Å². The number of nitrogens with zero attached hydrogens (tertiary/aromatic N) is 1.